The summed E-state index contributed by atoms with van der Waals surface area (Å²) in [5.41, 5.74) is 1.46. The van der Waals surface area contributed by atoms with Crippen LogP contribution in [0.25, 0.3) is 0 Å². The lowest BCUT2D eigenvalue weighted by Crippen LogP contribution is -2.04. The molecule has 0 fully saturated rings. The molecule has 0 radical (unpaired) electrons. The van der Waals surface area contributed by atoms with Crippen molar-refractivity contribution < 1.29 is 14.6 Å². The highest BCUT2D eigenvalue weighted by atomic mass is 16.5. The van der Waals surface area contributed by atoms with E-state index in [9.17, 15) is 9.90 Å². The lowest BCUT2D eigenvalue weighted by atomic mass is 10.0. The molecule has 0 aliphatic carbocycles. The average molecular weight is 347 g/mol. The van der Waals surface area contributed by atoms with Crippen molar-refractivity contribution in [1.29, 1.82) is 0 Å². The molecule has 3 nitrogen and oxygen atoms in total. The van der Waals surface area contributed by atoms with Gasteiger partial charge in [-0.15, -0.1) is 0 Å². The summed E-state index contributed by atoms with van der Waals surface area (Å²) in [7, 11) is 0. The molecule has 140 valence electrons. The number of rotatable bonds is 13. The van der Waals surface area contributed by atoms with Crippen molar-refractivity contribution >= 4 is 5.78 Å². The summed E-state index contributed by atoms with van der Waals surface area (Å²) in [4.78, 5) is 11.5. The van der Waals surface area contributed by atoms with Gasteiger partial charge in [-0.3, -0.25) is 4.79 Å². The van der Waals surface area contributed by atoms with Crippen molar-refractivity contribution in [3.05, 3.63) is 41.2 Å². The molecule has 3 heteroatoms. The first-order valence-corrected chi connectivity index (χ1v) is 9.66. The van der Waals surface area contributed by atoms with Gasteiger partial charge in [-0.25, -0.2) is 0 Å². The van der Waals surface area contributed by atoms with E-state index in [0.29, 0.717) is 12.0 Å². The van der Waals surface area contributed by atoms with E-state index >= 15 is 0 Å². The Hall–Kier alpha value is -1.77. The zero-order valence-corrected chi connectivity index (χ0v) is 16.1. The fraction of sp³-hybridized carbons (Fsp3) is 0.591. The van der Waals surface area contributed by atoms with Gasteiger partial charge < -0.3 is 9.84 Å². The van der Waals surface area contributed by atoms with Gasteiger partial charge in [0.25, 0.3) is 0 Å². The Labute approximate surface area is 153 Å². The smallest absolute Gasteiger partial charge is 0.159 e. The number of carbonyl (C=O) groups excluding carboxylic acids is 1. The van der Waals surface area contributed by atoms with Gasteiger partial charge in [-0.2, -0.15) is 0 Å². The SMILES string of the molecule is CCCCCCCCCCOc1ccc(C/C(C(C)=O)=C(\C)O)cc1. The minimum absolute atomic E-state index is 0.0879. The number of aliphatic hydroxyl groups excluding tert-OH is 1. The summed E-state index contributed by atoms with van der Waals surface area (Å²) in [6.45, 7) is 6.04. The molecule has 1 rings (SSSR count). The molecule has 1 aromatic rings. The summed E-state index contributed by atoms with van der Waals surface area (Å²) < 4.78 is 5.78. The molecule has 25 heavy (non-hydrogen) atoms. The topological polar surface area (TPSA) is 46.5 Å². The maximum Gasteiger partial charge on any atom is 0.159 e. The number of hydrogen-bond acceptors (Lipinski definition) is 3. The number of unbranched alkanes of at least 4 members (excludes halogenated alkanes) is 7. The maximum absolute atomic E-state index is 11.5. The molecule has 1 aromatic carbocycles. The summed E-state index contributed by atoms with van der Waals surface area (Å²) in [5.74, 6) is 0.873. The van der Waals surface area contributed by atoms with Gasteiger partial charge in [0.15, 0.2) is 5.78 Å². The van der Waals surface area contributed by atoms with Gasteiger partial charge >= 0.3 is 0 Å². The van der Waals surface area contributed by atoms with Crippen molar-refractivity contribution in [2.75, 3.05) is 6.61 Å². The van der Waals surface area contributed by atoms with Crippen LogP contribution in [0.4, 0.5) is 0 Å². The third-order valence-corrected chi connectivity index (χ3v) is 4.43. The molecule has 0 unspecified atom stereocenters. The molecule has 0 spiro atoms. The molecule has 0 saturated heterocycles. The van der Waals surface area contributed by atoms with Crippen molar-refractivity contribution in [2.24, 2.45) is 0 Å². The van der Waals surface area contributed by atoms with Gasteiger partial charge in [-0.1, -0.05) is 64.0 Å². The van der Waals surface area contributed by atoms with Crippen molar-refractivity contribution in [3.63, 3.8) is 0 Å². The Morgan fingerprint density at radius 3 is 2.00 bits per heavy atom. The average Bonchev–Trinajstić information content (AvgIpc) is 2.58. The van der Waals surface area contributed by atoms with E-state index in [-0.39, 0.29) is 11.5 Å². The number of ketones is 1. The van der Waals surface area contributed by atoms with Crippen molar-refractivity contribution in [3.8, 4) is 5.75 Å². The number of ether oxygens (including phenoxy) is 1. The molecule has 0 heterocycles. The lowest BCUT2D eigenvalue weighted by molar-refractivity contribution is -0.113. The fourth-order valence-corrected chi connectivity index (χ4v) is 2.84. The van der Waals surface area contributed by atoms with Crippen LogP contribution in [0.15, 0.2) is 35.6 Å². The molecule has 0 amide bonds. The van der Waals surface area contributed by atoms with Gasteiger partial charge in [0.1, 0.15) is 5.75 Å². The van der Waals surface area contributed by atoms with Crippen LogP contribution in [0.1, 0.15) is 77.7 Å². The lowest BCUT2D eigenvalue weighted by Gasteiger charge is -2.09. The molecule has 0 saturated carbocycles. The second kappa shape index (κ2) is 12.6. The van der Waals surface area contributed by atoms with E-state index in [1.54, 1.807) is 6.92 Å². The second-order valence-electron chi connectivity index (χ2n) is 6.76. The summed E-state index contributed by atoms with van der Waals surface area (Å²) in [6.07, 6.45) is 10.8. The number of carbonyl (C=O) groups is 1. The van der Waals surface area contributed by atoms with Crippen LogP contribution >= 0.6 is 0 Å². The molecular formula is C22H34O3. The first-order valence-electron chi connectivity index (χ1n) is 9.66. The molecule has 0 aliphatic rings. The molecule has 0 aromatic heterocycles. The number of allylic oxidation sites excluding steroid dienone is 2. The van der Waals surface area contributed by atoms with Crippen LogP contribution in [0.3, 0.4) is 0 Å². The van der Waals surface area contributed by atoms with Gasteiger partial charge in [0, 0.05) is 12.0 Å². The van der Waals surface area contributed by atoms with Gasteiger partial charge in [-0.05, 0) is 38.0 Å². The number of Topliss-reactive ketones (excluding diaryl/α,β-unsaturated/α-hetero) is 1. The Morgan fingerprint density at radius 2 is 1.48 bits per heavy atom. The Morgan fingerprint density at radius 1 is 0.920 bits per heavy atom. The van der Waals surface area contributed by atoms with Crippen LogP contribution in [-0.4, -0.2) is 17.5 Å². The van der Waals surface area contributed by atoms with Gasteiger partial charge in [0.05, 0.1) is 12.4 Å². The normalized spacial score (nSPS) is 12.0. The van der Waals surface area contributed by atoms with E-state index in [1.165, 1.54) is 51.9 Å². The van der Waals surface area contributed by atoms with Crippen molar-refractivity contribution in [2.45, 2.75) is 78.6 Å². The Kier molecular flexibility index (Phi) is 10.7. The monoisotopic (exact) mass is 346 g/mol. The van der Waals surface area contributed by atoms with E-state index in [1.807, 2.05) is 24.3 Å². The van der Waals surface area contributed by atoms with Crippen LogP contribution in [0, 0.1) is 0 Å². The minimum atomic E-state index is -0.0879. The van der Waals surface area contributed by atoms with Crippen LogP contribution in [0.2, 0.25) is 0 Å². The van der Waals surface area contributed by atoms with E-state index in [2.05, 4.69) is 6.92 Å². The predicted octanol–water partition coefficient (Wildman–Crippen LogP) is 6.17. The number of hydrogen-bond donors (Lipinski definition) is 1. The van der Waals surface area contributed by atoms with Gasteiger partial charge in [0.2, 0.25) is 0 Å². The Bertz CT molecular complexity index is 525. The van der Waals surface area contributed by atoms with Crippen LogP contribution in [0.5, 0.6) is 5.75 Å². The second-order valence-corrected chi connectivity index (χ2v) is 6.76. The third-order valence-electron chi connectivity index (χ3n) is 4.43. The standard InChI is InChI=1S/C22H34O3/c1-4-5-6-7-8-9-10-11-16-25-21-14-12-20(13-15-21)17-22(18(2)23)19(3)24/h12-15,23H,4-11,16-17H2,1-3H3/b22-18-. The third kappa shape index (κ3) is 9.33. The highest BCUT2D eigenvalue weighted by Gasteiger charge is 2.09. The Balaban J connectivity index is 2.24. The largest absolute Gasteiger partial charge is 0.512 e. The fourth-order valence-electron chi connectivity index (χ4n) is 2.84. The zero-order chi connectivity index (χ0) is 18.5. The first kappa shape index (κ1) is 21.3. The summed E-state index contributed by atoms with van der Waals surface area (Å²) >= 11 is 0. The highest BCUT2D eigenvalue weighted by molar-refractivity contribution is 5.94. The molecule has 0 aliphatic heterocycles. The number of aliphatic hydroxyl groups is 1. The van der Waals surface area contributed by atoms with Crippen molar-refractivity contribution in [1.82, 2.24) is 0 Å². The molecule has 0 atom stereocenters. The molecular weight excluding hydrogens is 312 g/mol. The van der Waals surface area contributed by atoms with Crippen LogP contribution in [-0.2, 0) is 11.2 Å². The summed E-state index contributed by atoms with van der Waals surface area (Å²) in [5, 5.41) is 9.58. The molecule has 1 N–H and O–H groups in total. The van der Waals surface area contributed by atoms with E-state index in [4.69, 9.17) is 4.74 Å². The van der Waals surface area contributed by atoms with E-state index in [0.717, 1.165) is 24.3 Å². The minimum Gasteiger partial charge on any atom is -0.512 e. The zero-order valence-electron chi connectivity index (χ0n) is 16.1. The highest BCUT2D eigenvalue weighted by Crippen LogP contribution is 2.17. The quantitative estimate of drug-likeness (QED) is 0.264. The number of benzene rings is 1. The molecule has 0 bridgehead atoms. The van der Waals surface area contributed by atoms with E-state index < -0.39 is 0 Å². The predicted molar refractivity (Wildman–Crippen MR) is 104 cm³/mol. The first-order chi connectivity index (χ1) is 12.0. The summed E-state index contributed by atoms with van der Waals surface area (Å²) in [6, 6.07) is 7.78. The van der Waals surface area contributed by atoms with Crippen LogP contribution < -0.4 is 4.74 Å². The maximum atomic E-state index is 11.5.